The van der Waals surface area contributed by atoms with Crippen LogP contribution in [0.2, 0.25) is 0 Å². The summed E-state index contributed by atoms with van der Waals surface area (Å²) in [7, 11) is 0. The Kier molecular flexibility index (Phi) is 5.99. The first-order valence-electron chi connectivity index (χ1n) is 8.74. The average molecular weight is 360 g/mol. The largest absolute Gasteiger partial charge is 0.350 e. The van der Waals surface area contributed by atoms with E-state index < -0.39 is 0 Å². The summed E-state index contributed by atoms with van der Waals surface area (Å²) in [6, 6.07) is 7.35. The van der Waals surface area contributed by atoms with Gasteiger partial charge in [-0.15, -0.1) is 11.3 Å². The third kappa shape index (κ3) is 4.76. The van der Waals surface area contributed by atoms with E-state index in [1.165, 1.54) is 28.5 Å². The van der Waals surface area contributed by atoms with Gasteiger partial charge in [-0.3, -0.25) is 14.5 Å². The Morgan fingerprint density at radius 3 is 2.96 bits per heavy atom. The molecule has 1 aliphatic rings. The molecule has 1 saturated heterocycles. The van der Waals surface area contributed by atoms with Crippen LogP contribution in [0.3, 0.4) is 0 Å². The van der Waals surface area contributed by atoms with Gasteiger partial charge in [-0.05, 0) is 44.5 Å². The molecule has 134 valence electrons. The maximum atomic E-state index is 12.3. The van der Waals surface area contributed by atoms with Crippen LogP contribution in [-0.4, -0.2) is 46.3 Å². The lowest BCUT2D eigenvalue weighted by molar-refractivity contribution is 0.0913. The second-order valence-electron chi connectivity index (χ2n) is 6.39. The maximum absolute atomic E-state index is 12.3. The zero-order valence-corrected chi connectivity index (χ0v) is 15.3. The number of likely N-dealkylation sites (tertiary alicyclic amines) is 1. The molecule has 1 aliphatic heterocycles. The maximum Gasteiger partial charge on any atom is 0.266 e. The van der Waals surface area contributed by atoms with E-state index in [-0.39, 0.29) is 11.5 Å². The van der Waals surface area contributed by atoms with Gasteiger partial charge in [0.25, 0.3) is 11.5 Å². The highest BCUT2D eigenvalue weighted by Gasteiger charge is 2.23. The smallest absolute Gasteiger partial charge is 0.266 e. The summed E-state index contributed by atoms with van der Waals surface area (Å²) >= 11 is 1.52. The molecule has 0 radical (unpaired) electrons. The summed E-state index contributed by atoms with van der Waals surface area (Å²) in [5.41, 5.74) is -0.0718. The van der Waals surface area contributed by atoms with E-state index in [2.05, 4.69) is 15.3 Å². The number of nitrogens with zero attached hydrogens (tertiary/aromatic N) is 3. The van der Waals surface area contributed by atoms with Crippen molar-refractivity contribution in [3.8, 4) is 0 Å². The van der Waals surface area contributed by atoms with Gasteiger partial charge in [0.2, 0.25) is 0 Å². The Bertz CT molecular complexity index is 770. The first-order chi connectivity index (χ1) is 12.1. The highest BCUT2D eigenvalue weighted by Crippen LogP contribution is 2.18. The van der Waals surface area contributed by atoms with E-state index in [1.807, 2.05) is 19.1 Å². The van der Waals surface area contributed by atoms with Crippen molar-refractivity contribution in [1.29, 1.82) is 0 Å². The molecule has 0 aromatic carbocycles. The lowest BCUT2D eigenvalue weighted by Gasteiger charge is -2.35. The lowest BCUT2D eigenvalue weighted by atomic mass is 10.0. The van der Waals surface area contributed by atoms with Crippen LogP contribution in [0, 0.1) is 6.92 Å². The van der Waals surface area contributed by atoms with Gasteiger partial charge in [-0.1, -0.05) is 6.42 Å². The molecule has 25 heavy (non-hydrogen) atoms. The fourth-order valence-corrected chi connectivity index (χ4v) is 4.00. The number of aromatic nitrogens is 2. The van der Waals surface area contributed by atoms with Crippen molar-refractivity contribution in [1.82, 2.24) is 20.0 Å². The van der Waals surface area contributed by atoms with Gasteiger partial charge in [0.05, 0.1) is 11.4 Å². The van der Waals surface area contributed by atoms with Crippen molar-refractivity contribution < 1.29 is 4.79 Å². The van der Waals surface area contributed by atoms with Crippen LogP contribution in [0.25, 0.3) is 0 Å². The molecule has 1 fully saturated rings. The van der Waals surface area contributed by atoms with E-state index in [9.17, 15) is 9.59 Å². The number of amides is 1. The summed E-state index contributed by atoms with van der Waals surface area (Å²) < 4.78 is 1.50. The normalized spacial score (nSPS) is 18.2. The average Bonchev–Trinajstić information content (AvgIpc) is 3.06. The molecule has 1 N–H and O–H groups in total. The van der Waals surface area contributed by atoms with Crippen LogP contribution in [0.15, 0.2) is 35.3 Å². The standard InChI is InChI=1S/C18H24N4O2S/c1-14-7-8-16(25-14)18(24)19-13-15-5-2-3-10-21(15)11-12-22-17(23)6-4-9-20-22/h4,6-9,15H,2-3,5,10-13H2,1H3,(H,19,24). The van der Waals surface area contributed by atoms with Gasteiger partial charge >= 0.3 is 0 Å². The van der Waals surface area contributed by atoms with Crippen molar-refractivity contribution in [2.24, 2.45) is 0 Å². The summed E-state index contributed by atoms with van der Waals surface area (Å²) in [6.07, 6.45) is 5.05. The molecule has 0 bridgehead atoms. The van der Waals surface area contributed by atoms with Gasteiger partial charge in [-0.2, -0.15) is 5.10 Å². The second-order valence-corrected chi connectivity index (χ2v) is 7.68. The van der Waals surface area contributed by atoms with Crippen LogP contribution >= 0.6 is 11.3 Å². The highest BCUT2D eigenvalue weighted by atomic mass is 32.1. The van der Waals surface area contributed by atoms with E-state index >= 15 is 0 Å². The number of hydrogen-bond acceptors (Lipinski definition) is 5. The van der Waals surface area contributed by atoms with Gasteiger partial charge in [0.15, 0.2) is 0 Å². The van der Waals surface area contributed by atoms with Crippen molar-refractivity contribution in [2.45, 2.75) is 38.8 Å². The van der Waals surface area contributed by atoms with Gasteiger partial charge < -0.3 is 5.32 Å². The number of thiophene rings is 1. The Morgan fingerprint density at radius 1 is 1.32 bits per heavy atom. The minimum atomic E-state index is -0.0718. The number of hydrogen-bond donors (Lipinski definition) is 1. The number of nitrogens with one attached hydrogen (secondary N) is 1. The van der Waals surface area contributed by atoms with Crippen molar-refractivity contribution in [3.05, 3.63) is 50.6 Å². The fourth-order valence-electron chi connectivity index (χ4n) is 3.22. The number of carbonyl (C=O) groups excluding carboxylic acids is 1. The van der Waals surface area contributed by atoms with Gasteiger partial charge in [0.1, 0.15) is 0 Å². The molecule has 1 unspecified atom stereocenters. The number of carbonyl (C=O) groups is 1. The minimum Gasteiger partial charge on any atom is -0.350 e. The molecular formula is C18H24N4O2S. The quantitative estimate of drug-likeness (QED) is 0.854. The molecule has 7 heteroatoms. The molecule has 0 spiro atoms. The van der Waals surface area contributed by atoms with Crippen molar-refractivity contribution in [2.75, 3.05) is 19.6 Å². The Labute approximate surface area is 151 Å². The monoisotopic (exact) mass is 360 g/mol. The van der Waals surface area contributed by atoms with Gasteiger partial charge in [-0.25, -0.2) is 4.68 Å². The van der Waals surface area contributed by atoms with Gasteiger partial charge in [0, 0.05) is 36.3 Å². The molecule has 6 nitrogen and oxygen atoms in total. The zero-order valence-electron chi connectivity index (χ0n) is 14.5. The van der Waals surface area contributed by atoms with E-state index in [4.69, 9.17) is 0 Å². The molecule has 3 heterocycles. The Balaban J connectivity index is 1.54. The summed E-state index contributed by atoms with van der Waals surface area (Å²) in [5, 5.41) is 7.18. The van der Waals surface area contributed by atoms with Crippen LogP contribution in [0.5, 0.6) is 0 Å². The number of rotatable bonds is 6. The molecule has 2 aromatic heterocycles. The second kappa shape index (κ2) is 8.40. The SMILES string of the molecule is Cc1ccc(C(=O)NCC2CCCCN2CCn2ncccc2=O)s1. The summed E-state index contributed by atoms with van der Waals surface area (Å²) in [6.45, 7) is 5.00. The predicted molar refractivity (Wildman–Crippen MR) is 99.1 cm³/mol. The number of piperidine rings is 1. The molecule has 3 rings (SSSR count). The third-order valence-corrected chi connectivity index (χ3v) is 5.60. The molecule has 2 aromatic rings. The van der Waals surface area contributed by atoms with Crippen LogP contribution < -0.4 is 10.9 Å². The topological polar surface area (TPSA) is 67.2 Å². The first-order valence-corrected chi connectivity index (χ1v) is 9.56. The highest BCUT2D eigenvalue weighted by molar-refractivity contribution is 7.13. The predicted octanol–water partition coefficient (Wildman–Crippen LogP) is 1.90. The molecule has 1 atom stereocenters. The van der Waals surface area contributed by atoms with Crippen LogP contribution in [0.4, 0.5) is 0 Å². The molecule has 1 amide bonds. The molecular weight excluding hydrogens is 336 g/mol. The Hall–Kier alpha value is -1.99. The summed E-state index contributed by atoms with van der Waals surface area (Å²) in [5.74, 6) is 0.00423. The van der Waals surface area contributed by atoms with Crippen molar-refractivity contribution >= 4 is 17.2 Å². The van der Waals surface area contributed by atoms with E-state index in [0.717, 1.165) is 35.7 Å². The number of aryl methyl sites for hydroxylation is 1. The first kappa shape index (κ1) is 17.8. The summed E-state index contributed by atoms with van der Waals surface area (Å²) in [4.78, 5) is 28.3. The van der Waals surface area contributed by atoms with Crippen LogP contribution in [0.1, 0.15) is 33.8 Å². The zero-order chi connectivity index (χ0) is 17.6. The van der Waals surface area contributed by atoms with E-state index in [0.29, 0.717) is 19.1 Å². The Morgan fingerprint density at radius 2 is 2.20 bits per heavy atom. The molecule has 0 saturated carbocycles. The van der Waals surface area contributed by atoms with Crippen LogP contribution in [-0.2, 0) is 6.54 Å². The lowest BCUT2D eigenvalue weighted by Crippen LogP contribution is -2.48. The fraction of sp³-hybridized carbons (Fsp3) is 0.500. The molecule has 0 aliphatic carbocycles. The third-order valence-electron chi connectivity index (χ3n) is 4.60. The van der Waals surface area contributed by atoms with Crippen molar-refractivity contribution in [3.63, 3.8) is 0 Å². The minimum absolute atomic E-state index is 0.00423. The van der Waals surface area contributed by atoms with E-state index in [1.54, 1.807) is 12.3 Å².